The summed E-state index contributed by atoms with van der Waals surface area (Å²) in [5.41, 5.74) is 0.0135. The van der Waals surface area contributed by atoms with E-state index < -0.39 is 17.8 Å². The van der Waals surface area contributed by atoms with E-state index in [1.54, 1.807) is 25.3 Å². The van der Waals surface area contributed by atoms with Crippen LogP contribution in [0.25, 0.3) is 0 Å². The first-order chi connectivity index (χ1) is 11.9. The third-order valence-electron chi connectivity index (χ3n) is 3.62. The number of hydrogen-bond donors (Lipinski definition) is 0. The van der Waals surface area contributed by atoms with Gasteiger partial charge in [-0.25, -0.2) is 0 Å². The number of alkyl halides is 4. The summed E-state index contributed by atoms with van der Waals surface area (Å²) in [6.07, 6.45) is -4.38. The summed E-state index contributed by atoms with van der Waals surface area (Å²) in [5, 5.41) is 0. The first-order valence-electron chi connectivity index (χ1n) is 7.51. The van der Waals surface area contributed by atoms with Crippen molar-refractivity contribution in [2.75, 3.05) is 20.1 Å². The summed E-state index contributed by atoms with van der Waals surface area (Å²) in [6, 6.07) is 9.82. The molecular weight excluding hydrogens is 357 g/mol. The second kappa shape index (κ2) is 8.34. The van der Waals surface area contributed by atoms with E-state index in [-0.39, 0.29) is 0 Å². The predicted octanol–water partition coefficient (Wildman–Crippen LogP) is 5.47. The normalized spacial score (nSPS) is 12.6. The molecule has 7 heteroatoms. The molecular formula is C18H18ClF3O3. The van der Waals surface area contributed by atoms with Crippen LogP contribution in [0.3, 0.4) is 0 Å². The molecule has 0 amide bonds. The Labute approximate surface area is 149 Å². The third-order valence-corrected chi connectivity index (χ3v) is 3.84. The Morgan fingerprint density at radius 3 is 2.12 bits per heavy atom. The molecule has 0 saturated heterocycles. The average Bonchev–Trinajstić information content (AvgIpc) is 2.60. The maximum absolute atomic E-state index is 12.7. The lowest BCUT2D eigenvalue weighted by Gasteiger charge is -2.21. The van der Waals surface area contributed by atoms with E-state index in [1.807, 2.05) is 0 Å². The quantitative estimate of drug-likeness (QED) is 0.601. The molecule has 0 N–H and O–H groups in total. The molecule has 0 heterocycles. The Hall–Kier alpha value is -2.08. The topological polar surface area (TPSA) is 27.7 Å². The van der Waals surface area contributed by atoms with Crippen molar-refractivity contribution < 1.29 is 27.4 Å². The van der Waals surface area contributed by atoms with Crippen molar-refractivity contribution in [2.24, 2.45) is 0 Å². The molecule has 2 aromatic rings. The molecule has 0 aliphatic carbocycles. The van der Waals surface area contributed by atoms with Crippen LogP contribution in [0.1, 0.15) is 23.7 Å². The van der Waals surface area contributed by atoms with Crippen molar-refractivity contribution in [3.63, 3.8) is 0 Å². The van der Waals surface area contributed by atoms with Crippen molar-refractivity contribution in [1.82, 2.24) is 0 Å². The van der Waals surface area contributed by atoms with Crippen molar-refractivity contribution in [3.05, 3.63) is 53.6 Å². The van der Waals surface area contributed by atoms with E-state index in [2.05, 4.69) is 0 Å². The Bertz CT molecular complexity index is 687. The van der Waals surface area contributed by atoms with Gasteiger partial charge in [-0.05, 0) is 36.4 Å². The predicted molar refractivity (Wildman–Crippen MR) is 89.7 cm³/mol. The Morgan fingerprint density at radius 1 is 0.960 bits per heavy atom. The van der Waals surface area contributed by atoms with Crippen LogP contribution in [-0.4, -0.2) is 20.1 Å². The highest BCUT2D eigenvalue weighted by Crippen LogP contribution is 2.35. The molecule has 25 heavy (non-hydrogen) atoms. The standard InChI is InChI=1S/C18H18ClF3O3/c1-23-14-7-8-15(17(11-14)24-2)16(9-10-19)25-13-5-3-12(4-6-13)18(20,21)22/h3-8,11,16H,9-10H2,1-2H3. The highest BCUT2D eigenvalue weighted by atomic mass is 35.5. The molecule has 0 aromatic heterocycles. The molecule has 0 radical (unpaired) electrons. The van der Waals surface area contributed by atoms with Crippen molar-refractivity contribution >= 4 is 11.6 Å². The summed E-state index contributed by atoms with van der Waals surface area (Å²) in [6.45, 7) is 0. The van der Waals surface area contributed by atoms with Crippen LogP contribution in [0.4, 0.5) is 13.2 Å². The van der Waals surface area contributed by atoms with Crippen molar-refractivity contribution in [1.29, 1.82) is 0 Å². The van der Waals surface area contributed by atoms with Gasteiger partial charge in [0.2, 0.25) is 0 Å². The van der Waals surface area contributed by atoms with E-state index in [1.165, 1.54) is 19.2 Å². The van der Waals surface area contributed by atoms with Crippen LogP contribution in [0.2, 0.25) is 0 Å². The van der Waals surface area contributed by atoms with Crippen LogP contribution in [0.15, 0.2) is 42.5 Å². The van der Waals surface area contributed by atoms with Gasteiger partial charge in [0, 0.05) is 23.9 Å². The molecule has 0 fully saturated rings. The number of ether oxygens (including phenoxy) is 3. The van der Waals surface area contributed by atoms with Gasteiger partial charge >= 0.3 is 6.18 Å². The molecule has 0 spiro atoms. The second-order valence-electron chi connectivity index (χ2n) is 5.21. The summed E-state index contributed by atoms with van der Waals surface area (Å²) < 4.78 is 54.3. The number of halogens is 4. The van der Waals surface area contributed by atoms with Gasteiger partial charge in [-0.3, -0.25) is 0 Å². The fraction of sp³-hybridized carbons (Fsp3) is 0.333. The van der Waals surface area contributed by atoms with E-state index >= 15 is 0 Å². The van der Waals surface area contributed by atoms with Crippen molar-refractivity contribution in [2.45, 2.75) is 18.7 Å². The maximum Gasteiger partial charge on any atom is 0.416 e. The molecule has 0 aliphatic rings. The summed E-state index contributed by atoms with van der Waals surface area (Å²) >= 11 is 5.86. The van der Waals surface area contributed by atoms with Gasteiger partial charge in [0.05, 0.1) is 19.8 Å². The maximum atomic E-state index is 12.7. The zero-order chi connectivity index (χ0) is 18.4. The smallest absolute Gasteiger partial charge is 0.416 e. The Balaban J connectivity index is 2.27. The van der Waals surface area contributed by atoms with Crippen molar-refractivity contribution in [3.8, 4) is 17.2 Å². The van der Waals surface area contributed by atoms with Crippen LogP contribution >= 0.6 is 11.6 Å². The minimum absolute atomic E-state index is 0.320. The lowest BCUT2D eigenvalue weighted by molar-refractivity contribution is -0.137. The second-order valence-corrected chi connectivity index (χ2v) is 5.59. The fourth-order valence-electron chi connectivity index (χ4n) is 2.35. The number of hydrogen-bond acceptors (Lipinski definition) is 3. The summed E-state index contributed by atoms with van der Waals surface area (Å²) in [5.74, 6) is 1.82. The van der Waals surface area contributed by atoms with Crippen LogP contribution in [-0.2, 0) is 6.18 Å². The highest BCUT2D eigenvalue weighted by molar-refractivity contribution is 6.17. The van der Waals surface area contributed by atoms with E-state index in [9.17, 15) is 13.2 Å². The first kappa shape index (κ1) is 19.2. The minimum atomic E-state index is -4.38. The van der Waals surface area contributed by atoms with Gasteiger partial charge in [0.25, 0.3) is 0 Å². The van der Waals surface area contributed by atoms with Crippen LogP contribution < -0.4 is 14.2 Å². The summed E-state index contributed by atoms with van der Waals surface area (Å²) in [7, 11) is 3.07. The van der Waals surface area contributed by atoms with Crippen LogP contribution in [0, 0.1) is 0 Å². The van der Waals surface area contributed by atoms with Gasteiger partial charge < -0.3 is 14.2 Å². The van der Waals surface area contributed by atoms with E-state index in [0.717, 1.165) is 17.7 Å². The number of benzene rings is 2. The van der Waals surface area contributed by atoms with Crippen LogP contribution in [0.5, 0.6) is 17.2 Å². The molecule has 0 aliphatic heterocycles. The zero-order valence-electron chi connectivity index (χ0n) is 13.8. The monoisotopic (exact) mass is 374 g/mol. The molecule has 136 valence electrons. The third kappa shape index (κ3) is 4.95. The number of rotatable bonds is 7. The Morgan fingerprint density at radius 2 is 1.60 bits per heavy atom. The molecule has 0 bridgehead atoms. The molecule has 3 nitrogen and oxygen atoms in total. The average molecular weight is 375 g/mol. The molecule has 2 rings (SSSR count). The number of methoxy groups -OCH3 is 2. The van der Waals surface area contributed by atoms with Gasteiger partial charge in [-0.1, -0.05) is 0 Å². The van der Waals surface area contributed by atoms with E-state index in [0.29, 0.717) is 29.5 Å². The first-order valence-corrected chi connectivity index (χ1v) is 8.04. The molecule has 0 saturated carbocycles. The summed E-state index contributed by atoms with van der Waals surface area (Å²) in [4.78, 5) is 0. The lowest BCUT2D eigenvalue weighted by atomic mass is 10.1. The SMILES string of the molecule is COc1ccc(C(CCCl)Oc2ccc(C(F)(F)F)cc2)c(OC)c1. The van der Waals surface area contributed by atoms with E-state index in [4.69, 9.17) is 25.8 Å². The van der Waals surface area contributed by atoms with Gasteiger partial charge in [-0.15, -0.1) is 11.6 Å². The fourth-order valence-corrected chi connectivity index (χ4v) is 2.55. The molecule has 2 aromatic carbocycles. The van der Waals surface area contributed by atoms with Gasteiger partial charge in [-0.2, -0.15) is 13.2 Å². The lowest BCUT2D eigenvalue weighted by Crippen LogP contribution is -2.11. The highest BCUT2D eigenvalue weighted by Gasteiger charge is 2.30. The minimum Gasteiger partial charge on any atom is -0.497 e. The van der Waals surface area contributed by atoms with Gasteiger partial charge in [0.1, 0.15) is 23.4 Å². The zero-order valence-corrected chi connectivity index (χ0v) is 14.5. The Kier molecular flexibility index (Phi) is 6.42. The molecule has 1 atom stereocenters. The molecule has 1 unspecified atom stereocenters. The largest absolute Gasteiger partial charge is 0.497 e. The van der Waals surface area contributed by atoms with Gasteiger partial charge in [0.15, 0.2) is 0 Å².